The lowest BCUT2D eigenvalue weighted by Gasteiger charge is -2.11. The van der Waals surface area contributed by atoms with Gasteiger partial charge in [0.1, 0.15) is 11.9 Å². The molecule has 1 aliphatic carbocycles. The Balaban J connectivity index is 2.27. The van der Waals surface area contributed by atoms with Crippen molar-refractivity contribution in [2.75, 3.05) is 0 Å². The van der Waals surface area contributed by atoms with Crippen molar-refractivity contribution in [2.24, 2.45) is 5.92 Å². The van der Waals surface area contributed by atoms with Crippen molar-refractivity contribution in [3.05, 3.63) is 12.2 Å². The van der Waals surface area contributed by atoms with E-state index < -0.39 is 0 Å². The number of Topliss-reactive ketones (excluding diaryl/α,β-unsaturated/α-hetero) is 1. The Hall–Kier alpha value is -1.12. The SMILES string of the molecule is CC=CC(C)OC(=O)CC1CCC(=O)C1. The number of hydrogen-bond donors (Lipinski definition) is 0. The molecule has 15 heavy (non-hydrogen) atoms. The van der Waals surface area contributed by atoms with Gasteiger partial charge in [0.25, 0.3) is 0 Å². The number of carbonyl (C=O) groups is 2. The number of carbonyl (C=O) groups excluding carboxylic acids is 2. The van der Waals surface area contributed by atoms with Crippen molar-refractivity contribution in [1.82, 2.24) is 0 Å². The highest BCUT2D eigenvalue weighted by atomic mass is 16.5. The van der Waals surface area contributed by atoms with Crippen LogP contribution < -0.4 is 0 Å². The standard InChI is InChI=1S/C12H18O3/c1-3-4-9(2)15-12(14)8-10-5-6-11(13)7-10/h3-4,9-10H,5-8H2,1-2H3. The maximum atomic E-state index is 11.4. The van der Waals surface area contributed by atoms with E-state index >= 15 is 0 Å². The summed E-state index contributed by atoms with van der Waals surface area (Å²) < 4.78 is 5.15. The maximum absolute atomic E-state index is 11.4. The first-order valence-corrected chi connectivity index (χ1v) is 5.45. The minimum Gasteiger partial charge on any atom is -0.458 e. The molecule has 0 amide bonds. The number of allylic oxidation sites excluding steroid dienone is 1. The second kappa shape index (κ2) is 5.69. The first-order valence-electron chi connectivity index (χ1n) is 5.45. The summed E-state index contributed by atoms with van der Waals surface area (Å²) in [6.45, 7) is 3.72. The fourth-order valence-corrected chi connectivity index (χ4v) is 1.87. The Kier molecular flexibility index (Phi) is 4.53. The Morgan fingerprint density at radius 1 is 1.67 bits per heavy atom. The van der Waals surface area contributed by atoms with Crippen LogP contribution in [0.2, 0.25) is 0 Å². The van der Waals surface area contributed by atoms with E-state index in [0.717, 1.165) is 6.42 Å². The lowest BCUT2D eigenvalue weighted by Crippen LogP contribution is -2.15. The van der Waals surface area contributed by atoms with Gasteiger partial charge >= 0.3 is 5.97 Å². The molecule has 0 spiro atoms. The van der Waals surface area contributed by atoms with Crippen LogP contribution in [0.25, 0.3) is 0 Å². The van der Waals surface area contributed by atoms with Gasteiger partial charge in [-0.1, -0.05) is 6.08 Å². The smallest absolute Gasteiger partial charge is 0.306 e. The summed E-state index contributed by atoms with van der Waals surface area (Å²) in [5.41, 5.74) is 0. The summed E-state index contributed by atoms with van der Waals surface area (Å²) in [7, 11) is 0. The lowest BCUT2D eigenvalue weighted by molar-refractivity contribution is -0.147. The first kappa shape index (κ1) is 12.0. The molecule has 2 atom stereocenters. The van der Waals surface area contributed by atoms with Gasteiger partial charge in [-0.3, -0.25) is 9.59 Å². The van der Waals surface area contributed by atoms with Gasteiger partial charge in [-0.25, -0.2) is 0 Å². The molecule has 1 fully saturated rings. The second-order valence-corrected chi connectivity index (χ2v) is 4.07. The Morgan fingerprint density at radius 3 is 2.93 bits per heavy atom. The van der Waals surface area contributed by atoms with Gasteiger partial charge < -0.3 is 4.74 Å². The molecule has 0 N–H and O–H groups in total. The molecule has 84 valence electrons. The van der Waals surface area contributed by atoms with Crippen LogP contribution in [-0.4, -0.2) is 17.9 Å². The van der Waals surface area contributed by atoms with E-state index in [-0.39, 0.29) is 23.8 Å². The molecule has 2 unspecified atom stereocenters. The van der Waals surface area contributed by atoms with Crippen LogP contribution in [0.1, 0.15) is 39.5 Å². The zero-order chi connectivity index (χ0) is 11.3. The van der Waals surface area contributed by atoms with E-state index in [1.807, 2.05) is 26.0 Å². The van der Waals surface area contributed by atoms with E-state index in [4.69, 9.17) is 4.74 Å². The van der Waals surface area contributed by atoms with Crippen molar-refractivity contribution in [3.63, 3.8) is 0 Å². The quantitative estimate of drug-likeness (QED) is 0.528. The molecule has 0 aliphatic heterocycles. The summed E-state index contributed by atoms with van der Waals surface area (Å²) in [6, 6.07) is 0. The highest BCUT2D eigenvalue weighted by Crippen LogP contribution is 2.25. The molecule has 0 radical (unpaired) electrons. The topological polar surface area (TPSA) is 43.4 Å². The zero-order valence-electron chi connectivity index (χ0n) is 9.36. The molecule has 3 nitrogen and oxygen atoms in total. The van der Waals surface area contributed by atoms with Crippen LogP contribution in [0.5, 0.6) is 0 Å². The van der Waals surface area contributed by atoms with Crippen molar-refractivity contribution in [1.29, 1.82) is 0 Å². The molecule has 3 heteroatoms. The van der Waals surface area contributed by atoms with E-state index in [0.29, 0.717) is 19.3 Å². The summed E-state index contributed by atoms with van der Waals surface area (Å²) in [4.78, 5) is 22.4. The van der Waals surface area contributed by atoms with Crippen LogP contribution in [0.15, 0.2) is 12.2 Å². The summed E-state index contributed by atoms with van der Waals surface area (Å²) in [6.07, 6.45) is 5.92. The molecule has 1 saturated carbocycles. The third kappa shape index (κ3) is 4.28. The maximum Gasteiger partial charge on any atom is 0.306 e. The number of ketones is 1. The predicted octanol–water partition coefficient (Wildman–Crippen LogP) is 2.25. The van der Waals surface area contributed by atoms with Crippen LogP contribution >= 0.6 is 0 Å². The Morgan fingerprint density at radius 2 is 2.40 bits per heavy atom. The number of hydrogen-bond acceptors (Lipinski definition) is 3. The highest BCUT2D eigenvalue weighted by molar-refractivity contribution is 5.81. The lowest BCUT2D eigenvalue weighted by atomic mass is 10.0. The van der Waals surface area contributed by atoms with Gasteiger partial charge in [-0.15, -0.1) is 0 Å². The normalized spacial score (nSPS) is 23.3. The molecule has 0 heterocycles. The average Bonchev–Trinajstić information content (AvgIpc) is 2.51. The number of esters is 1. The molecule has 1 rings (SSSR count). The molecular formula is C12H18O3. The second-order valence-electron chi connectivity index (χ2n) is 4.07. The van der Waals surface area contributed by atoms with E-state index in [1.54, 1.807) is 0 Å². The van der Waals surface area contributed by atoms with Crippen LogP contribution in [0.3, 0.4) is 0 Å². The van der Waals surface area contributed by atoms with E-state index in [1.165, 1.54) is 0 Å². The van der Waals surface area contributed by atoms with Gasteiger partial charge in [0, 0.05) is 19.3 Å². The molecule has 0 aromatic rings. The van der Waals surface area contributed by atoms with Crippen molar-refractivity contribution < 1.29 is 14.3 Å². The largest absolute Gasteiger partial charge is 0.458 e. The van der Waals surface area contributed by atoms with E-state index in [9.17, 15) is 9.59 Å². The summed E-state index contributed by atoms with van der Waals surface area (Å²) in [5.74, 6) is 0.289. The monoisotopic (exact) mass is 210 g/mol. The fraction of sp³-hybridized carbons (Fsp3) is 0.667. The minimum absolute atomic E-state index is 0.167. The molecule has 0 bridgehead atoms. The Bertz CT molecular complexity index is 268. The van der Waals surface area contributed by atoms with Gasteiger partial charge in [0.05, 0.1) is 0 Å². The third-order valence-corrected chi connectivity index (χ3v) is 2.58. The van der Waals surface area contributed by atoms with Crippen LogP contribution in [0.4, 0.5) is 0 Å². The molecular weight excluding hydrogens is 192 g/mol. The predicted molar refractivity (Wildman–Crippen MR) is 57.3 cm³/mol. The van der Waals surface area contributed by atoms with Crippen molar-refractivity contribution >= 4 is 11.8 Å². The molecule has 0 saturated heterocycles. The van der Waals surface area contributed by atoms with E-state index in [2.05, 4.69) is 0 Å². The third-order valence-electron chi connectivity index (χ3n) is 2.58. The minimum atomic E-state index is -0.194. The fourth-order valence-electron chi connectivity index (χ4n) is 1.87. The molecule has 1 aliphatic rings. The summed E-state index contributed by atoms with van der Waals surface area (Å²) >= 11 is 0. The average molecular weight is 210 g/mol. The molecule has 0 aromatic carbocycles. The highest BCUT2D eigenvalue weighted by Gasteiger charge is 2.25. The van der Waals surface area contributed by atoms with Crippen LogP contribution in [-0.2, 0) is 14.3 Å². The van der Waals surface area contributed by atoms with Crippen LogP contribution in [0, 0.1) is 5.92 Å². The molecule has 0 aromatic heterocycles. The van der Waals surface area contributed by atoms with Crippen molar-refractivity contribution in [2.45, 2.75) is 45.6 Å². The number of rotatable bonds is 4. The van der Waals surface area contributed by atoms with Gasteiger partial charge in [0.15, 0.2) is 0 Å². The van der Waals surface area contributed by atoms with Gasteiger partial charge in [0.2, 0.25) is 0 Å². The summed E-state index contributed by atoms with van der Waals surface area (Å²) in [5, 5.41) is 0. The first-order chi connectivity index (χ1) is 7.11. The Labute approximate surface area is 90.5 Å². The van der Waals surface area contributed by atoms with Crippen molar-refractivity contribution in [3.8, 4) is 0 Å². The zero-order valence-corrected chi connectivity index (χ0v) is 9.36. The van der Waals surface area contributed by atoms with Gasteiger partial charge in [-0.05, 0) is 32.3 Å². The number of ether oxygens (including phenoxy) is 1. The van der Waals surface area contributed by atoms with Gasteiger partial charge in [-0.2, -0.15) is 0 Å².